The normalized spacial score (nSPS) is 21.1. The zero-order valence-corrected chi connectivity index (χ0v) is 16.0. The number of amides is 1. The molecule has 3 atom stereocenters. The number of aliphatic hydroxyl groups excluding tert-OH is 1. The lowest BCUT2D eigenvalue weighted by Gasteiger charge is -2.44. The maximum Gasteiger partial charge on any atom is 0.415 e. The second kappa shape index (κ2) is 7.87. The van der Waals surface area contributed by atoms with Gasteiger partial charge in [-0.2, -0.15) is 0 Å². The van der Waals surface area contributed by atoms with E-state index in [1.54, 1.807) is 30.3 Å². The molecule has 1 fully saturated rings. The molecule has 1 N–H and O–H groups in total. The SMILES string of the molecule is Cc1ccc(OC(=O)N2[C@H](C)CN(c3ccnc([C@@H](C)O)n3)C[C@@H]2C)cn1. The first kappa shape index (κ1) is 19.0. The van der Waals surface area contributed by atoms with Crippen molar-refractivity contribution in [3.63, 3.8) is 0 Å². The van der Waals surface area contributed by atoms with Gasteiger partial charge in [0.1, 0.15) is 11.9 Å². The Balaban J connectivity index is 1.70. The monoisotopic (exact) mass is 371 g/mol. The number of aromatic nitrogens is 3. The molecule has 2 aromatic rings. The van der Waals surface area contributed by atoms with Crippen molar-refractivity contribution in [2.24, 2.45) is 0 Å². The van der Waals surface area contributed by atoms with Gasteiger partial charge in [-0.3, -0.25) is 9.88 Å². The molecule has 0 radical (unpaired) electrons. The van der Waals surface area contributed by atoms with E-state index in [1.165, 1.54) is 0 Å². The molecule has 3 rings (SSSR count). The van der Waals surface area contributed by atoms with Gasteiger partial charge in [0.2, 0.25) is 0 Å². The third kappa shape index (κ3) is 4.33. The van der Waals surface area contributed by atoms with Crippen LogP contribution in [0.1, 0.15) is 38.4 Å². The minimum atomic E-state index is -0.723. The number of piperazine rings is 1. The Morgan fingerprint density at radius 3 is 2.52 bits per heavy atom. The van der Waals surface area contributed by atoms with E-state index in [9.17, 15) is 9.90 Å². The van der Waals surface area contributed by atoms with Crippen molar-refractivity contribution in [2.75, 3.05) is 18.0 Å². The van der Waals surface area contributed by atoms with E-state index in [2.05, 4.69) is 19.9 Å². The number of nitrogens with zero attached hydrogens (tertiary/aromatic N) is 5. The summed E-state index contributed by atoms with van der Waals surface area (Å²) in [7, 11) is 0. The molecule has 0 bridgehead atoms. The number of aliphatic hydroxyl groups is 1. The summed E-state index contributed by atoms with van der Waals surface area (Å²) in [6, 6.07) is 5.23. The molecule has 0 aromatic carbocycles. The Morgan fingerprint density at radius 1 is 1.22 bits per heavy atom. The predicted octanol–water partition coefficient (Wildman–Crippen LogP) is 2.33. The molecule has 0 saturated carbocycles. The van der Waals surface area contributed by atoms with E-state index < -0.39 is 6.10 Å². The van der Waals surface area contributed by atoms with Crippen LogP contribution in [-0.4, -0.2) is 56.2 Å². The summed E-state index contributed by atoms with van der Waals surface area (Å²) in [5.41, 5.74) is 0.867. The fraction of sp³-hybridized carbons (Fsp3) is 0.474. The van der Waals surface area contributed by atoms with Crippen molar-refractivity contribution >= 4 is 11.9 Å². The Labute approximate surface area is 158 Å². The van der Waals surface area contributed by atoms with Gasteiger partial charge in [-0.05, 0) is 45.9 Å². The van der Waals surface area contributed by atoms with E-state index in [4.69, 9.17) is 4.74 Å². The molecular formula is C19H25N5O3. The summed E-state index contributed by atoms with van der Waals surface area (Å²) < 4.78 is 5.49. The molecular weight excluding hydrogens is 346 g/mol. The molecule has 1 aliphatic rings. The number of aryl methyl sites for hydroxylation is 1. The van der Waals surface area contributed by atoms with Crippen molar-refractivity contribution in [3.05, 3.63) is 42.1 Å². The topological polar surface area (TPSA) is 91.7 Å². The summed E-state index contributed by atoms with van der Waals surface area (Å²) >= 11 is 0. The first-order valence-corrected chi connectivity index (χ1v) is 9.04. The number of hydrogen-bond acceptors (Lipinski definition) is 7. The molecule has 0 aliphatic carbocycles. The number of anilines is 1. The molecule has 1 saturated heterocycles. The number of hydrogen-bond donors (Lipinski definition) is 1. The summed E-state index contributed by atoms with van der Waals surface area (Å²) in [5, 5.41) is 9.70. The summed E-state index contributed by atoms with van der Waals surface area (Å²) in [6.07, 6.45) is 2.09. The number of carbonyl (C=O) groups is 1. The molecule has 1 amide bonds. The van der Waals surface area contributed by atoms with Crippen LogP contribution in [0.25, 0.3) is 0 Å². The van der Waals surface area contributed by atoms with Gasteiger partial charge in [0.15, 0.2) is 11.6 Å². The fourth-order valence-electron chi connectivity index (χ4n) is 3.28. The minimum absolute atomic E-state index is 0.0652. The van der Waals surface area contributed by atoms with Crippen LogP contribution in [0.5, 0.6) is 5.75 Å². The quantitative estimate of drug-likeness (QED) is 0.885. The van der Waals surface area contributed by atoms with Gasteiger partial charge in [0.25, 0.3) is 0 Å². The predicted molar refractivity (Wildman–Crippen MR) is 101 cm³/mol. The van der Waals surface area contributed by atoms with E-state index in [-0.39, 0.29) is 18.2 Å². The number of pyridine rings is 1. The van der Waals surface area contributed by atoms with Gasteiger partial charge in [0.05, 0.1) is 18.3 Å². The van der Waals surface area contributed by atoms with Crippen LogP contribution in [-0.2, 0) is 0 Å². The fourth-order valence-corrected chi connectivity index (χ4v) is 3.28. The van der Waals surface area contributed by atoms with Gasteiger partial charge < -0.3 is 14.7 Å². The lowest BCUT2D eigenvalue weighted by atomic mass is 10.1. The molecule has 8 nitrogen and oxygen atoms in total. The number of ether oxygens (including phenoxy) is 1. The van der Waals surface area contributed by atoms with Crippen molar-refractivity contribution in [3.8, 4) is 5.75 Å². The number of carbonyl (C=O) groups excluding carboxylic acids is 1. The minimum Gasteiger partial charge on any atom is -0.409 e. The Hall–Kier alpha value is -2.74. The standard InChI is InChI=1S/C19H25N5O3/c1-12-5-6-16(9-21-12)27-19(26)24-13(2)10-23(11-14(24)3)17-7-8-20-18(22-17)15(4)25/h5-9,13-15,25H,10-11H2,1-4H3/t13-,14+,15-/m1/s1. The Morgan fingerprint density at radius 2 is 1.93 bits per heavy atom. The van der Waals surface area contributed by atoms with Crippen LogP contribution >= 0.6 is 0 Å². The zero-order chi connectivity index (χ0) is 19.6. The third-order valence-electron chi connectivity index (χ3n) is 4.58. The molecule has 3 heterocycles. The molecule has 1 aliphatic heterocycles. The van der Waals surface area contributed by atoms with Crippen molar-refractivity contribution < 1.29 is 14.6 Å². The van der Waals surface area contributed by atoms with Gasteiger partial charge >= 0.3 is 6.09 Å². The average Bonchev–Trinajstić information content (AvgIpc) is 2.63. The molecule has 144 valence electrons. The molecule has 0 spiro atoms. The highest BCUT2D eigenvalue weighted by molar-refractivity contribution is 5.72. The Bertz CT molecular complexity index is 784. The summed E-state index contributed by atoms with van der Waals surface area (Å²) in [5.74, 6) is 1.57. The largest absolute Gasteiger partial charge is 0.415 e. The maximum atomic E-state index is 12.7. The molecule has 27 heavy (non-hydrogen) atoms. The van der Waals surface area contributed by atoms with Crippen LogP contribution in [0, 0.1) is 6.92 Å². The lowest BCUT2D eigenvalue weighted by Crippen LogP contribution is -2.59. The first-order valence-electron chi connectivity index (χ1n) is 9.04. The second-order valence-corrected chi connectivity index (χ2v) is 6.96. The summed E-state index contributed by atoms with van der Waals surface area (Å²) in [4.78, 5) is 29.2. The van der Waals surface area contributed by atoms with Gasteiger partial charge in [-0.1, -0.05) is 0 Å². The highest BCUT2D eigenvalue weighted by Crippen LogP contribution is 2.23. The molecule has 0 unspecified atom stereocenters. The number of rotatable bonds is 3. The van der Waals surface area contributed by atoms with E-state index >= 15 is 0 Å². The van der Waals surface area contributed by atoms with Crippen molar-refractivity contribution in [1.29, 1.82) is 0 Å². The van der Waals surface area contributed by atoms with Crippen LogP contribution in [0.4, 0.5) is 10.6 Å². The van der Waals surface area contributed by atoms with Crippen LogP contribution in [0.15, 0.2) is 30.6 Å². The lowest BCUT2D eigenvalue weighted by molar-refractivity contribution is 0.104. The molecule has 2 aromatic heterocycles. The zero-order valence-electron chi connectivity index (χ0n) is 16.0. The highest BCUT2D eigenvalue weighted by atomic mass is 16.6. The van der Waals surface area contributed by atoms with Crippen LogP contribution in [0.3, 0.4) is 0 Å². The van der Waals surface area contributed by atoms with Crippen LogP contribution in [0.2, 0.25) is 0 Å². The smallest absolute Gasteiger partial charge is 0.409 e. The maximum absolute atomic E-state index is 12.7. The first-order chi connectivity index (χ1) is 12.8. The molecule has 8 heteroatoms. The Kier molecular flexibility index (Phi) is 5.55. The van der Waals surface area contributed by atoms with E-state index in [0.29, 0.717) is 24.7 Å². The van der Waals surface area contributed by atoms with Crippen LogP contribution < -0.4 is 9.64 Å². The summed E-state index contributed by atoms with van der Waals surface area (Å²) in [6.45, 7) is 8.70. The van der Waals surface area contributed by atoms with Crippen molar-refractivity contribution in [2.45, 2.75) is 45.9 Å². The van der Waals surface area contributed by atoms with E-state index in [1.807, 2.05) is 32.9 Å². The van der Waals surface area contributed by atoms with Gasteiger partial charge in [-0.25, -0.2) is 14.8 Å². The van der Waals surface area contributed by atoms with E-state index in [0.717, 1.165) is 11.5 Å². The highest BCUT2D eigenvalue weighted by Gasteiger charge is 2.34. The second-order valence-electron chi connectivity index (χ2n) is 6.96. The van der Waals surface area contributed by atoms with Gasteiger partial charge in [0, 0.05) is 25.0 Å². The third-order valence-corrected chi connectivity index (χ3v) is 4.58. The average molecular weight is 371 g/mol. The van der Waals surface area contributed by atoms with Gasteiger partial charge in [-0.15, -0.1) is 0 Å². The van der Waals surface area contributed by atoms with Crippen molar-refractivity contribution in [1.82, 2.24) is 19.9 Å².